The molecule has 0 bridgehead atoms. The topological polar surface area (TPSA) is 86.8 Å². The van der Waals surface area contributed by atoms with Gasteiger partial charge in [0, 0.05) is 31.4 Å². The minimum Gasteiger partial charge on any atom is -0.326 e. The summed E-state index contributed by atoms with van der Waals surface area (Å²) in [6.45, 7) is 3.07. The normalized spacial score (nSPS) is 16.1. The van der Waals surface area contributed by atoms with E-state index in [2.05, 4.69) is 5.32 Å². The van der Waals surface area contributed by atoms with Gasteiger partial charge in [-0.3, -0.25) is 9.59 Å². The van der Waals surface area contributed by atoms with Crippen molar-refractivity contribution in [2.45, 2.75) is 31.2 Å². The Kier molecular flexibility index (Phi) is 5.53. The lowest BCUT2D eigenvalue weighted by Crippen LogP contribution is -2.43. The van der Waals surface area contributed by atoms with E-state index in [1.54, 1.807) is 4.90 Å². The highest BCUT2D eigenvalue weighted by atomic mass is 32.2. The quantitative estimate of drug-likeness (QED) is 0.832. The second kappa shape index (κ2) is 7.73. The summed E-state index contributed by atoms with van der Waals surface area (Å²) in [6.07, 6.45) is 0.753. The molecule has 28 heavy (non-hydrogen) atoms. The molecule has 0 aliphatic carbocycles. The van der Waals surface area contributed by atoms with E-state index in [-0.39, 0.29) is 29.3 Å². The maximum absolute atomic E-state index is 12.9. The molecule has 148 valence electrons. The van der Waals surface area contributed by atoms with Crippen LogP contribution in [0.15, 0.2) is 53.4 Å². The second-order valence-corrected chi connectivity index (χ2v) is 8.96. The van der Waals surface area contributed by atoms with Crippen molar-refractivity contribution in [3.8, 4) is 0 Å². The van der Waals surface area contributed by atoms with Crippen LogP contribution in [0.1, 0.15) is 19.4 Å². The molecule has 0 fully saturated rings. The molecule has 8 heteroatoms. The Morgan fingerprint density at radius 2 is 1.79 bits per heavy atom. The Balaban J connectivity index is 1.75. The number of para-hydroxylation sites is 1. The summed E-state index contributed by atoms with van der Waals surface area (Å²) in [5.41, 5.74) is 2.43. The van der Waals surface area contributed by atoms with Crippen molar-refractivity contribution in [2.24, 2.45) is 0 Å². The van der Waals surface area contributed by atoms with Crippen LogP contribution in [-0.4, -0.2) is 44.2 Å². The number of nitrogens with zero attached hydrogens (tertiary/aromatic N) is 2. The van der Waals surface area contributed by atoms with Gasteiger partial charge in [0.2, 0.25) is 21.8 Å². The van der Waals surface area contributed by atoms with E-state index < -0.39 is 10.0 Å². The number of carbonyl (C=O) groups excluding carboxylic acids is 2. The highest BCUT2D eigenvalue weighted by Crippen LogP contribution is 2.32. The first-order valence-corrected chi connectivity index (χ1v) is 10.4. The molecule has 2 aromatic rings. The summed E-state index contributed by atoms with van der Waals surface area (Å²) in [6, 6.07) is 13.5. The van der Waals surface area contributed by atoms with Gasteiger partial charge in [0.25, 0.3) is 0 Å². The SMILES string of the molecule is CC(=O)Nc1ccc(S(=O)(=O)N(C)CC(=O)N2c3ccccc3C[C@H]2C)cc1. The fourth-order valence-corrected chi connectivity index (χ4v) is 4.51. The van der Waals surface area contributed by atoms with E-state index in [0.717, 1.165) is 22.0 Å². The van der Waals surface area contributed by atoms with Crippen molar-refractivity contribution in [3.63, 3.8) is 0 Å². The van der Waals surface area contributed by atoms with Crippen molar-refractivity contribution in [1.29, 1.82) is 0 Å². The number of amides is 2. The molecule has 0 saturated heterocycles. The predicted octanol–water partition coefficient (Wildman–Crippen LogP) is 2.24. The molecular weight excluding hydrogens is 378 g/mol. The molecule has 0 spiro atoms. The van der Waals surface area contributed by atoms with E-state index in [4.69, 9.17) is 0 Å². The third-order valence-corrected chi connectivity index (χ3v) is 6.53. The molecule has 0 radical (unpaired) electrons. The molecule has 0 saturated carbocycles. The number of sulfonamides is 1. The Hall–Kier alpha value is -2.71. The van der Waals surface area contributed by atoms with Gasteiger partial charge in [0.05, 0.1) is 11.4 Å². The van der Waals surface area contributed by atoms with E-state index in [9.17, 15) is 18.0 Å². The number of rotatable bonds is 5. The molecular formula is C20H23N3O4S. The molecule has 2 amide bonds. The second-order valence-electron chi connectivity index (χ2n) is 6.91. The molecule has 1 aliphatic heterocycles. The molecule has 2 aromatic carbocycles. The molecule has 0 aromatic heterocycles. The number of nitrogens with one attached hydrogen (secondary N) is 1. The van der Waals surface area contributed by atoms with Gasteiger partial charge >= 0.3 is 0 Å². The summed E-state index contributed by atoms with van der Waals surface area (Å²) < 4.78 is 26.7. The average molecular weight is 401 g/mol. The van der Waals surface area contributed by atoms with Crippen LogP contribution < -0.4 is 10.2 Å². The molecule has 1 atom stereocenters. The lowest BCUT2D eigenvalue weighted by Gasteiger charge is -2.25. The van der Waals surface area contributed by atoms with Crippen molar-refractivity contribution >= 4 is 33.2 Å². The van der Waals surface area contributed by atoms with Crippen LogP contribution in [0.3, 0.4) is 0 Å². The fraction of sp³-hybridized carbons (Fsp3) is 0.300. The summed E-state index contributed by atoms with van der Waals surface area (Å²) >= 11 is 0. The van der Waals surface area contributed by atoms with Crippen molar-refractivity contribution < 1.29 is 18.0 Å². The standard InChI is InChI=1S/C20H23N3O4S/c1-14-12-16-6-4-5-7-19(16)23(14)20(25)13-22(3)28(26,27)18-10-8-17(9-11-18)21-15(2)24/h4-11,14H,12-13H2,1-3H3,(H,21,24)/t14-/m1/s1. The smallest absolute Gasteiger partial charge is 0.243 e. The molecule has 1 N–H and O–H groups in total. The van der Waals surface area contributed by atoms with Gasteiger partial charge in [-0.1, -0.05) is 18.2 Å². The lowest BCUT2D eigenvalue weighted by atomic mass is 10.1. The van der Waals surface area contributed by atoms with Gasteiger partial charge in [-0.2, -0.15) is 4.31 Å². The van der Waals surface area contributed by atoms with E-state index >= 15 is 0 Å². The zero-order chi connectivity index (χ0) is 20.5. The third kappa shape index (κ3) is 3.93. The largest absolute Gasteiger partial charge is 0.326 e. The van der Waals surface area contributed by atoms with Gasteiger partial charge in [0.1, 0.15) is 0 Å². The molecule has 7 nitrogen and oxygen atoms in total. The van der Waals surface area contributed by atoms with Gasteiger partial charge in [0.15, 0.2) is 0 Å². The number of hydrogen-bond donors (Lipinski definition) is 1. The Morgan fingerprint density at radius 3 is 2.43 bits per heavy atom. The van der Waals surface area contributed by atoms with Crippen LogP contribution in [0.25, 0.3) is 0 Å². The summed E-state index contributed by atoms with van der Waals surface area (Å²) in [5.74, 6) is -0.503. The van der Waals surface area contributed by atoms with Crippen molar-refractivity contribution in [2.75, 3.05) is 23.8 Å². The summed E-state index contributed by atoms with van der Waals surface area (Å²) in [7, 11) is -2.44. The highest BCUT2D eigenvalue weighted by Gasteiger charge is 2.33. The minimum absolute atomic E-state index is 0.0158. The zero-order valence-electron chi connectivity index (χ0n) is 16.0. The van der Waals surface area contributed by atoms with E-state index in [0.29, 0.717) is 5.69 Å². The number of likely N-dealkylation sites (N-methyl/N-ethyl adjacent to an activating group) is 1. The van der Waals surface area contributed by atoms with Crippen molar-refractivity contribution in [3.05, 3.63) is 54.1 Å². The molecule has 3 rings (SSSR count). The fourth-order valence-electron chi connectivity index (χ4n) is 3.39. The van der Waals surface area contributed by atoms with Crippen LogP contribution in [-0.2, 0) is 26.0 Å². The van der Waals surface area contributed by atoms with Gasteiger partial charge in [-0.15, -0.1) is 0 Å². The first-order valence-electron chi connectivity index (χ1n) is 8.94. The van der Waals surface area contributed by atoms with Crippen LogP contribution >= 0.6 is 0 Å². The van der Waals surface area contributed by atoms with Gasteiger partial charge in [-0.25, -0.2) is 8.42 Å². The van der Waals surface area contributed by atoms with Crippen LogP contribution in [0.4, 0.5) is 11.4 Å². The Labute approximate surface area is 165 Å². The first kappa shape index (κ1) is 20.0. The monoisotopic (exact) mass is 401 g/mol. The van der Waals surface area contributed by atoms with Crippen LogP contribution in [0.2, 0.25) is 0 Å². The number of benzene rings is 2. The molecule has 1 aliphatic rings. The number of anilines is 2. The van der Waals surface area contributed by atoms with E-state index in [1.165, 1.54) is 38.2 Å². The lowest BCUT2D eigenvalue weighted by molar-refractivity contribution is -0.119. The Morgan fingerprint density at radius 1 is 1.14 bits per heavy atom. The maximum atomic E-state index is 12.9. The zero-order valence-corrected chi connectivity index (χ0v) is 16.9. The highest BCUT2D eigenvalue weighted by molar-refractivity contribution is 7.89. The molecule has 0 unspecified atom stereocenters. The van der Waals surface area contributed by atoms with Crippen LogP contribution in [0, 0.1) is 0 Å². The predicted molar refractivity (Wildman–Crippen MR) is 108 cm³/mol. The average Bonchev–Trinajstić information content (AvgIpc) is 2.97. The third-order valence-electron chi connectivity index (χ3n) is 4.72. The van der Waals surface area contributed by atoms with Gasteiger partial charge in [-0.05, 0) is 49.2 Å². The van der Waals surface area contributed by atoms with Gasteiger partial charge < -0.3 is 10.2 Å². The van der Waals surface area contributed by atoms with E-state index in [1.807, 2.05) is 31.2 Å². The number of hydrogen-bond acceptors (Lipinski definition) is 4. The number of fused-ring (bicyclic) bond motifs is 1. The Bertz CT molecular complexity index is 1000. The summed E-state index contributed by atoms with van der Waals surface area (Å²) in [4.78, 5) is 25.7. The number of carbonyl (C=O) groups is 2. The maximum Gasteiger partial charge on any atom is 0.243 e. The minimum atomic E-state index is -3.83. The molecule has 1 heterocycles. The van der Waals surface area contributed by atoms with Crippen LogP contribution in [0.5, 0.6) is 0 Å². The summed E-state index contributed by atoms with van der Waals surface area (Å²) in [5, 5.41) is 2.59. The van der Waals surface area contributed by atoms with Crippen molar-refractivity contribution in [1.82, 2.24) is 4.31 Å². The first-order chi connectivity index (χ1) is 13.2.